The summed E-state index contributed by atoms with van der Waals surface area (Å²) >= 11 is 1.80. The molecule has 1 aliphatic heterocycles. The summed E-state index contributed by atoms with van der Waals surface area (Å²) in [5.41, 5.74) is 3.12. The number of pyridine rings is 1. The molecule has 1 aliphatic carbocycles. The van der Waals surface area contributed by atoms with Gasteiger partial charge in [-0.05, 0) is 42.3 Å². The minimum Gasteiger partial charge on any atom is -0.379 e. The number of aryl methyl sites for hydroxylation is 2. The van der Waals surface area contributed by atoms with Gasteiger partial charge in [-0.25, -0.2) is 4.98 Å². The Morgan fingerprint density at radius 1 is 1.38 bits per heavy atom. The molecular formula is C20H24N4OS. The van der Waals surface area contributed by atoms with Crippen LogP contribution in [0.3, 0.4) is 0 Å². The van der Waals surface area contributed by atoms with Crippen LogP contribution in [0.4, 0.5) is 5.82 Å². The van der Waals surface area contributed by atoms with Crippen LogP contribution < -0.4 is 4.90 Å². The molecule has 6 heteroatoms. The van der Waals surface area contributed by atoms with Crippen molar-refractivity contribution in [2.75, 3.05) is 44.8 Å². The summed E-state index contributed by atoms with van der Waals surface area (Å²) in [5, 5.41) is 11.8. The Labute approximate surface area is 158 Å². The van der Waals surface area contributed by atoms with Gasteiger partial charge in [0.1, 0.15) is 11.9 Å². The fourth-order valence-electron chi connectivity index (χ4n) is 3.94. The van der Waals surface area contributed by atoms with Gasteiger partial charge >= 0.3 is 0 Å². The average Bonchev–Trinajstić information content (AvgIpc) is 3.36. The zero-order valence-electron chi connectivity index (χ0n) is 15.1. The molecule has 2 aromatic heterocycles. The Kier molecular flexibility index (Phi) is 5.21. The second-order valence-corrected chi connectivity index (χ2v) is 7.97. The molecule has 1 unspecified atom stereocenters. The van der Waals surface area contributed by atoms with E-state index >= 15 is 0 Å². The van der Waals surface area contributed by atoms with Gasteiger partial charge in [-0.3, -0.25) is 4.90 Å². The molecule has 0 N–H and O–H groups in total. The van der Waals surface area contributed by atoms with Crippen LogP contribution in [-0.2, 0) is 17.6 Å². The molecule has 1 atom stereocenters. The molecule has 2 aliphatic rings. The number of nitrogens with zero attached hydrogens (tertiary/aromatic N) is 4. The number of aromatic nitrogens is 1. The van der Waals surface area contributed by atoms with E-state index < -0.39 is 0 Å². The summed E-state index contributed by atoms with van der Waals surface area (Å²) < 4.78 is 5.54. The first-order valence-corrected chi connectivity index (χ1v) is 10.1. The number of anilines is 1. The van der Waals surface area contributed by atoms with Crippen molar-refractivity contribution in [2.45, 2.75) is 25.3 Å². The highest BCUT2D eigenvalue weighted by Gasteiger charge is 2.26. The van der Waals surface area contributed by atoms with E-state index in [1.807, 2.05) is 0 Å². The number of likely N-dealkylation sites (N-methyl/N-ethyl adjacent to an activating group) is 1. The zero-order chi connectivity index (χ0) is 17.9. The van der Waals surface area contributed by atoms with Crippen LogP contribution in [0.2, 0.25) is 0 Å². The van der Waals surface area contributed by atoms with Crippen LogP contribution in [0.15, 0.2) is 23.6 Å². The molecule has 0 amide bonds. The van der Waals surface area contributed by atoms with Crippen molar-refractivity contribution in [3.63, 3.8) is 0 Å². The largest absolute Gasteiger partial charge is 0.379 e. The molecule has 0 bridgehead atoms. The maximum absolute atomic E-state index is 9.62. The van der Waals surface area contributed by atoms with Crippen LogP contribution in [0.25, 0.3) is 0 Å². The van der Waals surface area contributed by atoms with Crippen molar-refractivity contribution in [2.24, 2.45) is 0 Å². The fraction of sp³-hybridized carbons (Fsp3) is 0.500. The molecular weight excluding hydrogens is 344 g/mol. The van der Waals surface area contributed by atoms with E-state index in [9.17, 15) is 5.26 Å². The minimum absolute atomic E-state index is 0.297. The number of morpholine rings is 1. The molecule has 3 heterocycles. The van der Waals surface area contributed by atoms with Crippen LogP contribution in [0.1, 0.15) is 34.2 Å². The van der Waals surface area contributed by atoms with Crippen LogP contribution in [0.5, 0.6) is 0 Å². The van der Waals surface area contributed by atoms with Gasteiger partial charge in [-0.2, -0.15) is 5.26 Å². The third-order valence-corrected chi connectivity index (χ3v) is 6.29. The molecule has 26 heavy (non-hydrogen) atoms. The predicted molar refractivity (Wildman–Crippen MR) is 104 cm³/mol. The predicted octanol–water partition coefficient (Wildman–Crippen LogP) is 3.01. The summed E-state index contributed by atoms with van der Waals surface area (Å²) in [6.45, 7) is 4.28. The Morgan fingerprint density at radius 3 is 2.96 bits per heavy atom. The lowest BCUT2D eigenvalue weighted by Crippen LogP contribution is -2.43. The number of ether oxygens (including phenoxy) is 1. The lowest BCUT2D eigenvalue weighted by Gasteiger charge is -2.36. The lowest BCUT2D eigenvalue weighted by atomic mass is 10.1. The summed E-state index contributed by atoms with van der Waals surface area (Å²) in [5.74, 6) is 0.822. The number of thiophene rings is 1. The van der Waals surface area contributed by atoms with E-state index in [1.54, 1.807) is 11.3 Å². The van der Waals surface area contributed by atoms with Crippen LogP contribution in [-0.4, -0.2) is 49.8 Å². The monoisotopic (exact) mass is 368 g/mol. The summed E-state index contributed by atoms with van der Waals surface area (Å²) in [6.07, 6.45) is 3.22. The van der Waals surface area contributed by atoms with E-state index in [2.05, 4.69) is 46.5 Å². The number of hydrogen-bond acceptors (Lipinski definition) is 6. The highest BCUT2D eigenvalue weighted by Crippen LogP contribution is 2.31. The summed E-state index contributed by atoms with van der Waals surface area (Å²) in [4.78, 5) is 10.9. The molecule has 0 saturated carbocycles. The summed E-state index contributed by atoms with van der Waals surface area (Å²) in [7, 11) is 2.06. The van der Waals surface area contributed by atoms with Crippen molar-refractivity contribution in [3.8, 4) is 6.07 Å². The third kappa shape index (κ3) is 3.48. The Balaban J connectivity index is 1.60. The van der Waals surface area contributed by atoms with Crippen molar-refractivity contribution in [1.29, 1.82) is 5.26 Å². The molecule has 4 rings (SSSR count). The number of nitriles is 1. The maximum Gasteiger partial charge on any atom is 0.146 e. The second kappa shape index (κ2) is 7.75. The molecule has 0 spiro atoms. The smallest absolute Gasteiger partial charge is 0.146 e. The Bertz CT molecular complexity index is 793. The van der Waals surface area contributed by atoms with Gasteiger partial charge in [0.25, 0.3) is 0 Å². The standard InChI is InChI=1S/C20H24N4OS/c1-23(20-16(13-21)12-15-4-2-5-17(15)22-20)14-18(19-6-3-11-26-19)24-7-9-25-10-8-24/h3,6,11-12,18H,2,4-5,7-10,14H2,1H3. The molecule has 0 aromatic carbocycles. The maximum atomic E-state index is 9.62. The number of rotatable bonds is 5. The molecule has 136 valence electrons. The minimum atomic E-state index is 0.297. The molecule has 5 nitrogen and oxygen atoms in total. The Morgan fingerprint density at radius 2 is 2.23 bits per heavy atom. The lowest BCUT2D eigenvalue weighted by molar-refractivity contribution is 0.0183. The number of hydrogen-bond donors (Lipinski definition) is 0. The van der Waals surface area contributed by atoms with Gasteiger partial charge in [-0.15, -0.1) is 11.3 Å². The zero-order valence-corrected chi connectivity index (χ0v) is 16.0. The second-order valence-electron chi connectivity index (χ2n) is 6.99. The van der Waals surface area contributed by atoms with Crippen molar-refractivity contribution in [3.05, 3.63) is 45.3 Å². The van der Waals surface area contributed by atoms with E-state index in [1.165, 1.54) is 16.1 Å². The number of fused-ring (bicyclic) bond motifs is 1. The Hall–Kier alpha value is -1.94. The topological polar surface area (TPSA) is 52.4 Å². The normalized spacial score (nSPS) is 18.3. The molecule has 0 radical (unpaired) electrons. The fourth-order valence-corrected chi connectivity index (χ4v) is 4.79. The van der Waals surface area contributed by atoms with Gasteiger partial charge in [-0.1, -0.05) is 6.07 Å². The molecule has 1 saturated heterocycles. The third-order valence-electron chi connectivity index (χ3n) is 5.32. The SMILES string of the molecule is CN(CC(c1cccs1)N1CCOCC1)c1nc2c(cc1C#N)CCC2. The van der Waals surface area contributed by atoms with E-state index in [0.29, 0.717) is 11.6 Å². The van der Waals surface area contributed by atoms with Gasteiger partial charge in [0.15, 0.2) is 0 Å². The van der Waals surface area contributed by atoms with Crippen LogP contribution >= 0.6 is 11.3 Å². The van der Waals surface area contributed by atoms with Gasteiger partial charge < -0.3 is 9.64 Å². The average molecular weight is 369 g/mol. The van der Waals surface area contributed by atoms with E-state index in [4.69, 9.17) is 9.72 Å². The van der Waals surface area contributed by atoms with Gasteiger partial charge in [0.05, 0.1) is 24.8 Å². The quantitative estimate of drug-likeness (QED) is 0.812. The first kappa shape index (κ1) is 17.5. The first-order valence-electron chi connectivity index (χ1n) is 9.25. The van der Waals surface area contributed by atoms with Crippen LogP contribution in [0, 0.1) is 11.3 Å². The van der Waals surface area contributed by atoms with Gasteiger partial charge in [0.2, 0.25) is 0 Å². The van der Waals surface area contributed by atoms with Crippen molar-refractivity contribution >= 4 is 17.2 Å². The van der Waals surface area contributed by atoms with Gasteiger partial charge in [0, 0.05) is 37.3 Å². The summed E-state index contributed by atoms with van der Waals surface area (Å²) in [6, 6.07) is 9.03. The van der Waals surface area contributed by atoms with Crippen molar-refractivity contribution in [1.82, 2.24) is 9.88 Å². The van der Waals surface area contributed by atoms with Crippen molar-refractivity contribution < 1.29 is 4.74 Å². The molecule has 2 aromatic rings. The first-order chi connectivity index (χ1) is 12.8. The molecule has 1 fully saturated rings. The highest BCUT2D eigenvalue weighted by atomic mass is 32.1. The van der Waals surface area contributed by atoms with E-state index in [-0.39, 0.29) is 0 Å². The highest BCUT2D eigenvalue weighted by molar-refractivity contribution is 7.10. The van der Waals surface area contributed by atoms with E-state index in [0.717, 1.165) is 57.9 Å².